The van der Waals surface area contributed by atoms with Crippen LogP contribution in [-0.4, -0.2) is 26.9 Å². The van der Waals surface area contributed by atoms with Crippen molar-refractivity contribution in [2.24, 2.45) is 4.99 Å². The summed E-state index contributed by atoms with van der Waals surface area (Å²) in [4.78, 5) is 7.80. The molecule has 272 valence electrons. The summed E-state index contributed by atoms with van der Waals surface area (Å²) in [7, 11) is 2.17. The van der Waals surface area contributed by atoms with Crippen molar-refractivity contribution in [1.29, 1.82) is 0 Å². The molecule has 2 aromatic heterocycles. The van der Waals surface area contributed by atoms with Crippen LogP contribution >= 0.6 is 0 Å². The molecule has 10 aromatic rings. The molecular weight excluding hydrogens is 695 g/mol. The highest BCUT2D eigenvalue weighted by Crippen LogP contribution is 2.41. The minimum Gasteiger partial charge on any atom is -0.350 e. The normalized spacial score (nSPS) is 16.0. The van der Waals surface area contributed by atoms with Gasteiger partial charge in [-0.2, -0.15) is 0 Å². The van der Waals surface area contributed by atoms with E-state index in [0.29, 0.717) is 0 Å². The third-order valence-electron chi connectivity index (χ3n) is 11.6. The second-order valence-electron chi connectivity index (χ2n) is 14.9. The third-order valence-corrected chi connectivity index (χ3v) is 11.6. The highest BCUT2D eigenvalue weighted by molar-refractivity contribution is 6.19. The predicted octanol–water partition coefficient (Wildman–Crippen LogP) is 12.2. The van der Waals surface area contributed by atoms with E-state index < -0.39 is 0 Å². The van der Waals surface area contributed by atoms with Crippen LogP contribution in [0.3, 0.4) is 0 Å². The second kappa shape index (κ2) is 13.5. The number of para-hydroxylation sites is 3. The number of amidine groups is 1. The van der Waals surface area contributed by atoms with Crippen LogP contribution in [0, 0.1) is 0 Å². The Balaban J connectivity index is 1.08. The summed E-state index contributed by atoms with van der Waals surface area (Å²) in [5, 5.41) is 8.78. The van der Waals surface area contributed by atoms with E-state index in [-0.39, 0.29) is 12.3 Å². The van der Waals surface area contributed by atoms with E-state index in [2.05, 4.69) is 227 Å². The van der Waals surface area contributed by atoms with Gasteiger partial charge >= 0.3 is 0 Å². The molecule has 2 atom stereocenters. The highest BCUT2D eigenvalue weighted by Gasteiger charge is 2.31. The summed E-state index contributed by atoms with van der Waals surface area (Å²) in [5.41, 5.74) is 12.8. The topological polar surface area (TPSA) is 37.5 Å². The smallest absolute Gasteiger partial charge is 0.132 e. The Morgan fingerprint density at radius 3 is 1.58 bits per heavy atom. The van der Waals surface area contributed by atoms with Crippen molar-refractivity contribution in [3.05, 3.63) is 217 Å². The molecule has 2 unspecified atom stereocenters. The molecule has 1 aliphatic heterocycles. The Morgan fingerprint density at radius 2 is 0.912 bits per heavy atom. The molecule has 0 saturated heterocycles. The van der Waals surface area contributed by atoms with E-state index in [1.54, 1.807) is 0 Å². The van der Waals surface area contributed by atoms with Crippen LogP contribution in [0.25, 0.3) is 66.1 Å². The number of aliphatic imine (C=N–C) groups is 1. The van der Waals surface area contributed by atoms with Crippen LogP contribution < -0.4 is 5.32 Å². The summed E-state index contributed by atoms with van der Waals surface area (Å²) in [5.74, 6) is 0.880. The Hall–Kier alpha value is -7.21. The van der Waals surface area contributed by atoms with Crippen LogP contribution in [0.1, 0.15) is 29.0 Å². The molecule has 57 heavy (non-hydrogen) atoms. The summed E-state index contributed by atoms with van der Waals surface area (Å²) in [6.07, 6.45) is -0.316. The SMILES string of the molecule is CN1C(c2cccc(-n3c4ccccc4c4cc5c6ccccc6n(-c6ccccc6)c5cc43)c2)N=C(c2ccc(-c3ccccc3)cc2)NC1c1ccccc1. The molecule has 8 aromatic carbocycles. The number of hydrogen-bond donors (Lipinski definition) is 1. The van der Waals surface area contributed by atoms with Gasteiger partial charge in [-0.3, -0.25) is 4.90 Å². The van der Waals surface area contributed by atoms with Gasteiger partial charge in [-0.1, -0.05) is 152 Å². The molecule has 1 N–H and O–H groups in total. The Labute approximate surface area is 331 Å². The van der Waals surface area contributed by atoms with Gasteiger partial charge in [-0.15, -0.1) is 0 Å². The Bertz CT molecular complexity index is 3110. The average molecular weight is 734 g/mol. The monoisotopic (exact) mass is 733 g/mol. The van der Waals surface area contributed by atoms with Crippen molar-refractivity contribution in [1.82, 2.24) is 19.4 Å². The number of rotatable bonds is 6. The van der Waals surface area contributed by atoms with Gasteiger partial charge < -0.3 is 14.5 Å². The minimum absolute atomic E-state index is 0.0809. The van der Waals surface area contributed by atoms with Crippen LogP contribution in [0.5, 0.6) is 0 Å². The van der Waals surface area contributed by atoms with Crippen molar-refractivity contribution < 1.29 is 0 Å². The lowest BCUT2D eigenvalue weighted by Gasteiger charge is -2.39. The molecule has 0 fully saturated rings. The van der Waals surface area contributed by atoms with Crippen LogP contribution in [0.2, 0.25) is 0 Å². The fourth-order valence-electron chi connectivity index (χ4n) is 8.88. The number of benzene rings is 8. The lowest BCUT2D eigenvalue weighted by atomic mass is 10.0. The summed E-state index contributed by atoms with van der Waals surface area (Å²) in [6.45, 7) is 0. The average Bonchev–Trinajstić information content (AvgIpc) is 3.78. The van der Waals surface area contributed by atoms with E-state index in [9.17, 15) is 0 Å². The molecule has 0 radical (unpaired) electrons. The van der Waals surface area contributed by atoms with E-state index in [1.165, 1.54) is 60.3 Å². The molecular formula is C52H39N5. The Kier molecular flexibility index (Phi) is 7.86. The van der Waals surface area contributed by atoms with Gasteiger partial charge in [0.05, 0.1) is 22.1 Å². The molecule has 0 aliphatic carbocycles. The number of aromatic nitrogens is 2. The maximum atomic E-state index is 5.46. The number of nitrogens with zero attached hydrogens (tertiary/aromatic N) is 4. The summed E-state index contributed by atoms with van der Waals surface area (Å²) >= 11 is 0. The first-order valence-corrected chi connectivity index (χ1v) is 19.6. The van der Waals surface area contributed by atoms with Crippen LogP contribution in [-0.2, 0) is 0 Å². The molecule has 11 rings (SSSR count). The first-order valence-electron chi connectivity index (χ1n) is 19.6. The largest absolute Gasteiger partial charge is 0.350 e. The zero-order valence-electron chi connectivity index (χ0n) is 31.5. The van der Waals surface area contributed by atoms with E-state index in [0.717, 1.165) is 28.3 Å². The van der Waals surface area contributed by atoms with Crippen molar-refractivity contribution in [3.63, 3.8) is 0 Å². The lowest BCUT2D eigenvalue weighted by molar-refractivity contribution is 0.152. The molecule has 5 nitrogen and oxygen atoms in total. The van der Waals surface area contributed by atoms with Gasteiger partial charge in [0.15, 0.2) is 0 Å². The first-order chi connectivity index (χ1) is 28.2. The van der Waals surface area contributed by atoms with E-state index in [4.69, 9.17) is 4.99 Å². The maximum absolute atomic E-state index is 5.46. The molecule has 0 amide bonds. The zero-order valence-corrected chi connectivity index (χ0v) is 31.5. The predicted molar refractivity (Wildman–Crippen MR) is 236 cm³/mol. The standard InChI is InChI=1S/C52H39N5/c1-55-51(38-18-7-3-8-19-38)53-50(37-30-28-36(29-31-37)35-16-5-2-6-17-35)54-52(55)39-20-15-23-41(32-39)57-47-27-14-12-25-43(47)45-33-44-42-24-11-13-26-46(42)56(48(44)34-49(45)57)40-21-9-4-10-22-40/h2-34,51-52H,1H3,(H,53,54). The van der Waals surface area contributed by atoms with E-state index in [1.807, 2.05) is 0 Å². The van der Waals surface area contributed by atoms with Gasteiger partial charge in [0.1, 0.15) is 18.2 Å². The maximum Gasteiger partial charge on any atom is 0.132 e. The minimum atomic E-state index is -0.236. The summed E-state index contributed by atoms with van der Waals surface area (Å²) < 4.78 is 4.84. The van der Waals surface area contributed by atoms with Crippen molar-refractivity contribution in [2.75, 3.05) is 7.05 Å². The lowest BCUT2D eigenvalue weighted by Crippen LogP contribution is -2.45. The molecule has 0 bridgehead atoms. The fraction of sp³-hybridized carbons (Fsp3) is 0.0577. The zero-order chi connectivity index (χ0) is 37.9. The molecule has 0 saturated carbocycles. The van der Waals surface area contributed by atoms with Gasteiger partial charge in [-0.25, -0.2) is 4.99 Å². The van der Waals surface area contributed by atoms with Gasteiger partial charge in [-0.05, 0) is 77.8 Å². The van der Waals surface area contributed by atoms with Crippen LogP contribution in [0.15, 0.2) is 205 Å². The van der Waals surface area contributed by atoms with Gasteiger partial charge in [0.2, 0.25) is 0 Å². The van der Waals surface area contributed by atoms with Crippen molar-refractivity contribution in [3.8, 4) is 22.5 Å². The molecule has 1 aliphatic rings. The van der Waals surface area contributed by atoms with E-state index >= 15 is 0 Å². The van der Waals surface area contributed by atoms with Crippen molar-refractivity contribution >= 4 is 49.4 Å². The van der Waals surface area contributed by atoms with Gasteiger partial charge in [0.25, 0.3) is 0 Å². The molecule has 5 heteroatoms. The van der Waals surface area contributed by atoms with Crippen LogP contribution in [0.4, 0.5) is 0 Å². The van der Waals surface area contributed by atoms with Crippen molar-refractivity contribution in [2.45, 2.75) is 12.3 Å². The molecule has 3 heterocycles. The molecule has 0 spiro atoms. The number of hydrogen-bond acceptors (Lipinski definition) is 3. The highest BCUT2D eigenvalue weighted by atomic mass is 15.4. The number of fused-ring (bicyclic) bond motifs is 6. The third kappa shape index (κ3) is 5.55. The fourth-order valence-corrected chi connectivity index (χ4v) is 8.88. The second-order valence-corrected chi connectivity index (χ2v) is 14.9. The quantitative estimate of drug-likeness (QED) is 0.185. The Morgan fingerprint density at radius 1 is 0.404 bits per heavy atom. The first kappa shape index (κ1) is 33.2. The number of nitrogens with one attached hydrogen (secondary N) is 1. The van der Waals surface area contributed by atoms with Gasteiger partial charge in [0, 0.05) is 38.5 Å². The summed E-state index contributed by atoms with van der Waals surface area (Å²) in [6, 6.07) is 71.9.